The summed E-state index contributed by atoms with van der Waals surface area (Å²) in [5, 5.41) is 11.9. The van der Waals surface area contributed by atoms with Crippen LogP contribution in [0.4, 0.5) is 5.69 Å². The zero-order chi connectivity index (χ0) is 43.5. The monoisotopic (exact) mass is 852 g/mol. The normalized spacial score (nSPS) is 26.2. The molecule has 318 valence electrons. The maximum Gasteiger partial charge on any atom is 0.262 e. The molecule has 62 heavy (non-hydrogen) atoms. The van der Waals surface area contributed by atoms with E-state index in [-0.39, 0.29) is 53.0 Å². The Morgan fingerprint density at radius 1 is 0.823 bits per heavy atom. The number of anilines is 1. The molecular weight excluding hydrogens is 804 g/mol. The second kappa shape index (κ2) is 14.4. The summed E-state index contributed by atoms with van der Waals surface area (Å²) >= 11 is 6.30. The fraction of sp³-hybridized carbons (Fsp3) is 0.469. The van der Waals surface area contributed by atoms with Crippen LogP contribution in [-0.4, -0.2) is 94.6 Å². The van der Waals surface area contributed by atoms with E-state index < -0.39 is 23.8 Å². The van der Waals surface area contributed by atoms with E-state index in [2.05, 4.69) is 66.8 Å². The van der Waals surface area contributed by atoms with Gasteiger partial charge < -0.3 is 19.4 Å². The standard InChI is InChI=1S/C49H49ClN6O6/c1-47(2)45(48(3,4)46(47)62-34-10-8-30(24-51)38(50)21-34)55-25-31-19-29(7-11-35(31)42(55)59)6-5-28-15-17-53(18-16-28)33-22-49(23-33)26-54(27-49)32-9-12-36-37(20-32)44(61)56(43(36)60)39-13-14-40(57)52-41(39)58/h7-12,19-21,28,33,39,45-46H,13-18,22-23,25-27H2,1-4H3,(H,52,57,58)/t39?,45-,46-. The number of piperidine rings is 2. The number of carbonyl (C=O) groups is 5. The summed E-state index contributed by atoms with van der Waals surface area (Å²) in [5.41, 5.74) is 4.23. The average molecular weight is 853 g/mol. The summed E-state index contributed by atoms with van der Waals surface area (Å²) in [4.78, 5) is 72.3. The second-order valence-electron chi connectivity index (χ2n) is 19.8. The third kappa shape index (κ3) is 6.40. The number of rotatable bonds is 6. The Bertz CT molecular complexity index is 2570. The lowest BCUT2D eigenvalue weighted by Gasteiger charge is -2.65. The van der Waals surface area contributed by atoms with Gasteiger partial charge in [-0.25, -0.2) is 0 Å². The zero-order valence-electron chi connectivity index (χ0n) is 35.4. The number of fused-ring (bicyclic) bond motifs is 2. The van der Waals surface area contributed by atoms with Gasteiger partial charge in [-0.1, -0.05) is 51.1 Å². The summed E-state index contributed by atoms with van der Waals surface area (Å²) < 4.78 is 6.49. The average Bonchev–Trinajstić information content (AvgIpc) is 3.65. The van der Waals surface area contributed by atoms with E-state index in [0.717, 1.165) is 79.1 Å². The van der Waals surface area contributed by atoms with Crippen molar-refractivity contribution in [2.24, 2.45) is 22.2 Å². The molecule has 0 radical (unpaired) electrons. The molecule has 1 unspecified atom stereocenters. The number of amides is 5. The van der Waals surface area contributed by atoms with Crippen LogP contribution in [0.5, 0.6) is 5.75 Å². The molecule has 0 aromatic heterocycles. The van der Waals surface area contributed by atoms with E-state index >= 15 is 0 Å². The SMILES string of the molecule is CC1(C)[C@H](Oc2ccc(C#N)c(Cl)c2)C(C)(C)[C@H]1N1Cc2cc(C#CC3CCN(C4CC5(C4)CN(c4ccc6c(c4)C(=O)N(C4CCC(=O)NC4=O)C6=O)C5)CC3)ccc2C1=O. The molecule has 5 fully saturated rings. The minimum atomic E-state index is -0.968. The molecule has 7 aliphatic rings. The van der Waals surface area contributed by atoms with E-state index in [1.54, 1.807) is 30.3 Å². The second-order valence-corrected chi connectivity index (χ2v) is 20.2. The van der Waals surface area contributed by atoms with E-state index in [1.165, 1.54) is 0 Å². The van der Waals surface area contributed by atoms with Gasteiger partial charge in [-0.15, -0.1) is 0 Å². The molecule has 12 nitrogen and oxygen atoms in total. The molecule has 5 heterocycles. The number of hydrogen-bond donors (Lipinski definition) is 1. The molecule has 10 rings (SSSR count). The molecule has 1 N–H and O–H groups in total. The molecule has 2 aliphatic carbocycles. The molecule has 2 saturated carbocycles. The summed E-state index contributed by atoms with van der Waals surface area (Å²) in [6.45, 7) is 13.0. The molecule has 5 amide bonds. The third-order valence-electron chi connectivity index (χ3n) is 15.0. The van der Waals surface area contributed by atoms with Gasteiger partial charge in [-0.05, 0) is 99.3 Å². The topological polar surface area (TPSA) is 143 Å². The number of imide groups is 2. The van der Waals surface area contributed by atoms with Crippen LogP contribution in [0, 0.1) is 45.3 Å². The van der Waals surface area contributed by atoms with Crippen LogP contribution in [0.1, 0.15) is 114 Å². The lowest BCUT2D eigenvalue weighted by atomic mass is 9.49. The van der Waals surface area contributed by atoms with Crippen LogP contribution in [0.3, 0.4) is 0 Å². The number of hydrogen-bond acceptors (Lipinski definition) is 9. The highest BCUT2D eigenvalue weighted by molar-refractivity contribution is 6.31. The first-order chi connectivity index (χ1) is 29.6. The van der Waals surface area contributed by atoms with Gasteiger partial charge >= 0.3 is 0 Å². The molecule has 0 bridgehead atoms. The van der Waals surface area contributed by atoms with Gasteiger partial charge in [0.25, 0.3) is 17.7 Å². The molecule has 5 aliphatic heterocycles. The first-order valence-corrected chi connectivity index (χ1v) is 22.1. The number of carbonyl (C=O) groups excluding carboxylic acids is 5. The van der Waals surface area contributed by atoms with Crippen molar-refractivity contribution in [2.45, 2.75) is 97.0 Å². The van der Waals surface area contributed by atoms with Gasteiger partial charge in [0.05, 0.1) is 21.7 Å². The van der Waals surface area contributed by atoms with Crippen molar-refractivity contribution in [2.75, 3.05) is 31.1 Å². The van der Waals surface area contributed by atoms with Gasteiger partial charge in [-0.2, -0.15) is 5.26 Å². The largest absolute Gasteiger partial charge is 0.489 e. The predicted molar refractivity (Wildman–Crippen MR) is 230 cm³/mol. The Morgan fingerprint density at radius 3 is 2.23 bits per heavy atom. The minimum Gasteiger partial charge on any atom is -0.489 e. The molecule has 3 saturated heterocycles. The first kappa shape index (κ1) is 40.4. The fourth-order valence-electron chi connectivity index (χ4n) is 12.3. The summed E-state index contributed by atoms with van der Waals surface area (Å²) in [7, 11) is 0. The highest BCUT2D eigenvalue weighted by Gasteiger charge is 2.67. The number of nitrogens with one attached hydrogen (secondary N) is 1. The molecule has 3 aromatic carbocycles. The summed E-state index contributed by atoms with van der Waals surface area (Å²) in [6.07, 6.45) is 4.41. The molecule has 3 aromatic rings. The Balaban J connectivity index is 0.703. The van der Waals surface area contributed by atoms with Crippen LogP contribution in [-0.2, 0) is 16.1 Å². The minimum absolute atomic E-state index is 0.0442. The van der Waals surface area contributed by atoms with Gasteiger partial charge in [-0.3, -0.25) is 34.2 Å². The zero-order valence-corrected chi connectivity index (χ0v) is 36.2. The highest BCUT2D eigenvalue weighted by atomic mass is 35.5. The first-order valence-electron chi connectivity index (χ1n) is 21.7. The van der Waals surface area contributed by atoms with Gasteiger partial charge in [0, 0.05) is 83.2 Å². The Kier molecular flexibility index (Phi) is 9.40. The maximum atomic E-state index is 13.8. The van der Waals surface area contributed by atoms with Crippen LogP contribution in [0.15, 0.2) is 54.6 Å². The van der Waals surface area contributed by atoms with Crippen LogP contribution >= 0.6 is 11.6 Å². The number of nitriles is 1. The lowest BCUT2D eigenvalue weighted by molar-refractivity contribution is -0.199. The van der Waals surface area contributed by atoms with Crippen LogP contribution in [0.2, 0.25) is 5.02 Å². The van der Waals surface area contributed by atoms with Crippen molar-refractivity contribution in [1.82, 2.24) is 20.0 Å². The Labute approximate surface area is 366 Å². The van der Waals surface area contributed by atoms with Crippen LogP contribution in [0.25, 0.3) is 0 Å². The molecule has 13 heteroatoms. The van der Waals surface area contributed by atoms with E-state index in [4.69, 9.17) is 16.3 Å². The van der Waals surface area contributed by atoms with Crippen molar-refractivity contribution < 1.29 is 28.7 Å². The smallest absolute Gasteiger partial charge is 0.262 e. The van der Waals surface area contributed by atoms with E-state index in [1.807, 2.05) is 23.1 Å². The van der Waals surface area contributed by atoms with Crippen LogP contribution < -0.4 is 15.0 Å². The number of benzene rings is 3. The quantitative estimate of drug-likeness (QED) is 0.227. The van der Waals surface area contributed by atoms with Crippen molar-refractivity contribution >= 4 is 46.8 Å². The van der Waals surface area contributed by atoms with Crippen molar-refractivity contribution in [1.29, 1.82) is 5.26 Å². The third-order valence-corrected chi connectivity index (χ3v) is 15.3. The Morgan fingerprint density at radius 2 is 1.53 bits per heavy atom. The molecule has 1 spiro atoms. The molecular formula is C49H49ClN6O6. The predicted octanol–water partition coefficient (Wildman–Crippen LogP) is 6.18. The number of likely N-dealkylation sites (tertiary alicyclic amines) is 1. The lowest BCUT2D eigenvalue weighted by Crippen LogP contribution is -2.74. The van der Waals surface area contributed by atoms with Crippen molar-refractivity contribution in [3.05, 3.63) is 93.0 Å². The van der Waals surface area contributed by atoms with Gasteiger partial charge in [0.2, 0.25) is 11.8 Å². The highest BCUT2D eigenvalue weighted by Crippen LogP contribution is 2.59. The number of halogens is 1. The van der Waals surface area contributed by atoms with Gasteiger partial charge in [0.15, 0.2) is 0 Å². The Hall–Kier alpha value is -5.69. The maximum absolute atomic E-state index is 13.8. The van der Waals surface area contributed by atoms with E-state index in [0.29, 0.717) is 46.0 Å². The summed E-state index contributed by atoms with van der Waals surface area (Å²) in [5.74, 6) is 6.05. The van der Waals surface area contributed by atoms with Crippen molar-refractivity contribution in [3.63, 3.8) is 0 Å². The summed E-state index contributed by atoms with van der Waals surface area (Å²) in [6, 6.07) is 18.2. The fourth-order valence-corrected chi connectivity index (χ4v) is 12.5. The molecule has 1 atom stereocenters. The number of nitrogens with zero attached hydrogens (tertiary/aromatic N) is 5. The van der Waals surface area contributed by atoms with Gasteiger partial charge in [0.1, 0.15) is 24.0 Å². The van der Waals surface area contributed by atoms with E-state index in [9.17, 15) is 29.2 Å². The van der Waals surface area contributed by atoms with Crippen molar-refractivity contribution in [3.8, 4) is 23.7 Å². The number of ether oxygens (including phenoxy) is 1.